The van der Waals surface area contributed by atoms with E-state index >= 15 is 0 Å². The van der Waals surface area contributed by atoms with Gasteiger partial charge in [0.25, 0.3) is 0 Å². The van der Waals surface area contributed by atoms with Gasteiger partial charge in [-0.15, -0.1) is 0 Å². The second-order valence-electron chi connectivity index (χ2n) is 6.08. The fraction of sp³-hybridized carbons (Fsp3) is 0.211. The molecule has 2 aromatic rings. The first kappa shape index (κ1) is 20.0. The Bertz CT molecular complexity index is 942. The van der Waals surface area contributed by atoms with Crippen molar-refractivity contribution >= 4 is 46.3 Å². The predicted octanol–water partition coefficient (Wildman–Crippen LogP) is 3.24. The lowest BCUT2D eigenvalue weighted by Crippen LogP contribution is -2.55. The van der Waals surface area contributed by atoms with E-state index < -0.39 is 0 Å². The number of halogens is 2. The van der Waals surface area contributed by atoms with E-state index in [1.54, 1.807) is 42.3 Å². The number of carbonyl (C=O) groups excluding carboxylic acids is 1. The van der Waals surface area contributed by atoms with Crippen LogP contribution in [0.3, 0.4) is 0 Å². The highest BCUT2D eigenvalue weighted by Crippen LogP contribution is 2.27. The number of pyridine rings is 1. The zero-order valence-electron chi connectivity index (χ0n) is 15.2. The number of rotatable bonds is 6. The number of benzene rings is 1. The smallest absolute Gasteiger partial charge is 0.246 e. The average molecular weight is 420 g/mol. The van der Waals surface area contributed by atoms with Gasteiger partial charge in [0.15, 0.2) is 5.84 Å². The van der Waals surface area contributed by atoms with Crippen LogP contribution >= 0.6 is 23.2 Å². The van der Waals surface area contributed by atoms with Gasteiger partial charge in [0, 0.05) is 13.1 Å². The largest absolute Gasteiger partial charge is 0.471 e. The second-order valence-corrected chi connectivity index (χ2v) is 6.89. The summed E-state index contributed by atoms with van der Waals surface area (Å²) in [5, 5.41) is 3.86. The number of anilines is 1. The molecule has 0 saturated carbocycles. The molecule has 3 rings (SSSR count). The molecule has 1 aromatic carbocycles. The van der Waals surface area contributed by atoms with Crippen molar-refractivity contribution in [2.24, 2.45) is 10.7 Å². The van der Waals surface area contributed by atoms with E-state index in [2.05, 4.69) is 21.9 Å². The molecule has 0 spiro atoms. The molecule has 146 valence electrons. The van der Waals surface area contributed by atoms with E-state index in [0.717, 1.165) is 0 Å². The number of aromatic nitrogens is 1. The molecule has 9 heteroatoms. The number of hydrogen-bond acceptors (Lipinski definition) is 5. The zero-order valence-corrected chi connectivity index (χ0v) is 16.7. The number of hydrogen-bond donors (Lipinski definition) is 2. The van der Waals surface area contributed by atoms with E-state index in [1.807, 2.05) is 0 Å². The number of aliphatic imine (C=N–C) groups is 1. The van der Waals surface area contributed by atoms with Crippen LogP contribution < -0.4 is 15.8 Å². The maximum Gasteiger partial charge on any atom is 0.246 e. The molecule has 7 nitrogen and oxygen atoms in total. The lowest BCUT2D eigenvalue weighted by Gasteiger charge is -2.38. The van der Waals surface area contributed by atoms with Crippen LogP contribution in [0.2, 0.25) is 10.0 Å². The Labute approximate surface area is 172 Å². The number of nitrogens with zero attached hydrogens (tertiary/aromatic N) is 3. The zero-order chi connectivity index (χ0) is 20.3. The quantitative estimate of drug-likeness (QED) is 0.425. The Kier molecular flexibility index (Phi) is 6.06. The summed E-state index contributed by atoms with van der Waals surface area (Å²) >= 11 is 12.0. The fourth-order valence-electron chi connectivity index (χ4n) is 2.64. The summed E-state index contributed by atoms with van der Waals surface area (Å²) in [6.07, 6.45) is 1.16. The Morgan fingerprint density at radius 3 is 2.75 bits per heavy atom. The summed E-state index contributed by atoms with van der Waals surface area (Å²) in [4.78, 5) is 22.0. The van der Waals surface area contributed by atoms with Crippen LogP contribution in [0.25, 0.3) is 0 Å². The predicted molar refractivity (Wildman–Crippen MR) is 112 cm³/mol. The van der Waals surface area contributed by atoms with Crippen molar-refractivity contribution < 1.29 is 9.53 Å². The van der Waals surface area contributed by atoms with Crippen LogP contribution in [0.5, 0.6) is 5.88 Å². The van der Waals surface area contributed by atoms with Crippen LogP contribution in [0.15, 0.2) is 48.0 Å². The van der Waals surface area contributed by atoms with Crippen LogP contribution in [0, 0.1) is 0 Å². The molecule has 1 aliphatic rings. The highest BCUT2D eigenvalue weighted by molar-refractivity contribution is 6.42. The molecule has 1 aromatic heterocycles. The highest BCUT2D eigenvalue weighted by Gasteiger charge is 2.31. The molecule has 0 atom stereocenters. The van der Waals surface area contributed by atoms with Gasteiger partial charge in [0.2, 0.25) is 11.8 Å². The van der Waals surface area contributed by atoms with Crippen LogP contribution in [0.1, 0.15) is 5.69 Å². The van der Waals surface area contributed by atoms with Crippen LogP contribution in [0.4, 0.5) is 11.4 Å². The fourth-order valence-corrected chi connectivity index (χ4v) is 2.94. The third-order valence-corrected chi connectivity index (χ3v) is 4.90. The molecule has 0 radical (unpaired) electrons. The van der Waals surface area contributed by atoms with E-state index in [9.17, 15) is 4.79 Å². The lowest BCUT2D eigenvalue weighted by molar-refractivity contribution is -0.134. The van der Waals surface area contributed by atoms with Gasteiger partial charge in [-0.3, -0.25) is 4.79 Å². The molecule has 0 unspecified atom stereocenters. The first-order valence-electron chi connectivity index (χ1n) is 8.47. The SMILES string of the molecule is C=CC(=O)N1CC(Oc2ccc(NC)c(C(N)=Nc3ccc(Cl)c(Cl)c3)n2)C1. The minimum atomic E-state index is -0.127. The summed E-state index contributed by atoms with van der Waals surface area (Å²) < 4.78 is 5.83. The second kappa shape index (κ2) is 8.50. The number of nitrogens with one attached hydrogen (secondary N) is 1. The Morgan fingerprint density at radius 1 is 1.36 bits per heavy atom. The number of likely N-dealkylation sites (tertiary alicyclic amines) is 1. The van der Waals surface area contributed by atoms with Crippen molar-refractivity contribution in [3.63, 3.8) is 0 Å². The van der Waals surface area contributed by atoms with Crippen molar-refractivity contribution in [1.82, 2.24) is 9.88 Å². The van der Waals surface area contributed by atoms with Gasteiger partial charge >= 0.3 is 0 Å². The Morgan fingerprint density at radius 2 is 2.11 bits per heavy atom. The normalized spacial score (nSPS) is 14.4. The summed E-state index contributed by atoms with van der Waals surface area (Å²) in [6, 6.07) is 8.52. The monoisotopic (exact) mass is 419 g/mol. The number of carbonyl (C=O) groups is 1. The molecule has 0 aliphatic carbocycles. The van der Waals surface area contributed by atoms with E-state index in [0.29, 0.717) is 46.1 Å². The minimum Gasteiger partial charge on any atom is -0.471 e. The number of nitrogens with two attached hydrogens (primary N) is 1. The third kappa shape index (κ3) is 4.37. The van der Waals surface area contributed by atoms with Crippen LogP contribution in [-0.2, 0) is 4.79 Å². The number of amides is 1. The van der Waals surface area contributed by atoms with Crippen molar-refractivity contribution in [1.29, 1.82) is 0 Å². The standard InChI is InChI=1S/C19H19Cl2N5O2/c1-3-17(27)26-9-12(10-26)28-16-7-6-15(23-2)18(25-16)19(22)24-11-4-5-13(20)14(21)8-11/h3-8,12,23H,1,9-10H2,2H3,(H2,22,24). The third-order valence-electron chi connectivity index (χ3n) is 4.16. The van der Waals surface area contributed by atoms with Crippen LogP contribution in [-0.4, -0.2) is 47.9 Å². The van der Waals surface area contributed by atoms with E-state index in [4.69, 9.17) is 33.7 Å². The summed E-state index contributed by atoms with van der Waals surface area (Å²) in [6.45, 7) is 4.45. The summed E-state index contributed by atoms with van der Waals surface area (Å²) in [7, 11) is 1.76. The molecule has 2 heterocycles. The van der Waals surface area contributed by atoms with Gasteiger partial charge in [0.1, 0.15) is 11.8 Å². The first-order chi connectivity index (χ1) is 13.4. The minimum absolute atomic E-state index is 0.114. The average Bonchev–Trinajstić information content (AvgIpc) is 2.66. The molecule has 3 N–H and O–H groups in total. The highest BCUT2D eigenvalue weighted by atomic mass is 35.5. The van der Waals surface area contributed by atoms with Crippen molar-refractivity contribution in [2.45, 2.75) is 6.10 Å². The van der Waals surface area contributed by atoms with Gasteiger partial charge in [0.05, 0.1) is 34.5 Å². The Hall–Kier alpha value is -2.77. The van der Waals surface area contributed by atoms with Gasteiger partial charge < -0.3 is 20.7 Å². The maximum atomic E-state index is 11.5. The summed E-state index contributed by atoms with van der Waals surface area (Å²) in [5.41, 5.74) is 7.87. The first-order valence-corrected chi connectivity index (χ1v) is 9.23. The molecule has 28 heavy (non-hydrogen) atoms. The van der Waals surface area contributed by atoms with E-state index in [1.165, 1.54) is 6.08 Å². The maximum absolute atomic E-state index is 11.5. The van der Waals surface area contributed by atoms with Gasteiger partial charge in [-0.2, -0.15) is 0 Å². The van der Waals surface area contributed by atoms with Crippen molar-refractivity contribution in [3.8, 4) is 5.88 Å². The number of ether oxygens (including phenoxy) is 1. The van der Waals surface area contributed by atoms with Gasteiger partial charge in [-0.25, -0.2) is 9.98 Å². The molecular formula is C19H19Cl2N5O2. The number of amidine groups is 1. The molecule has 1 aliphatic heterocycles. The Balaban J connectivity index is 1.79. The summed E-state index contributed by atoms with van der Waals surface area (Å²) in [5.74, 6) is 0.485. The molecule has 0 bridgehead atoms. The molecule has 1 saturated heterocycles. The van der Waals surface area contributed by atoms with Gasteiger partial charge in [-0.1, -0.05) is 29.8 Å². The molecular weight excluding hydrogens is 401 g/mol. The molecule has 1 fully saturated rings. The van der Waals surface area contributed by atoms with Gasteiger partial charge in [-0.05, 0) is 30.3 Å². The van der Waals surface area contributed by atoms with Crippen molar-refractivity contribution in [2.75, 3.05) is 25.5 Å². The molecule has 1 amide bonds. The van der Waals surface area contributed by atoms with E-state index in [-0.39, 0.29) is 17.8 Å². The topological polar surface area (TPSA) is 92.8 Å². The lowest BCUT2D eigenvalue weighted by atomic mass is 10.1. The van der Waals surface area contributed by atoms with Crippen molar-refractivity contribution in [3.05, 3.63) is 58.7 Å².